The zero-order chi connectivity index (χ0) is 12.1. The van der Waals surface area contributed by atoms with E-state index >= 15 is 0 Å². The van der Waals surface area contributed by atoms with Gasteiger partial charge in [0.2, 0.25) is 0 Å². The summed E-state index contributed by atoms with van der Waals surface area (Å²) in [5, 5.41) is 3.72. The number of nitrogens with zero attached hydrogens (tertiary/aromatic N) is 1. The number of esters is 1. The third-order valence-electron chi connectivity index (χ3n) is 2.15. The Bertz CT molecular complexity index is 476. The lowest BCUT2D eigenvalue weighted by Gasteiger charge is -2.04. The lowest BCUT2D eigenvalue weighted by atomic mass is 10.2. The van der Waals surface area contributed by atoms with Crippen LogP contribution in [0, 0.1) is 0 Å². The molecule has 1 aromatic heterocycles. The van der Waals surface area contributed by atoms with Crippen molar-refractivity contribution in [2.75, 3.05) is 7.11 Å². The molecule has 2 rings (SSSR count). The zero-order valence-electron chi connectivity index (χ0n) is 9.25. The van der Waals surface area contributed by atoms with E-state index in [2.05, 4.69) is 14.4 Å². The summed E-state index contributed by atoms with van der Waals surface area (Å²) in [5.74, 6) is 0.286. The first kappa shape index (κ1) is 11.2. The van der Waals surface area contributed by atoms with Gasteiger partial charge in [0.15, 0.2) is 0 Å². The van der Waals surface area contributed by atoms with Crippen molar-refractivity contribution in [3.63, 3.8) is 0 Å². The predicted octanol–water partition coefficient (Wildman–Crippen LogP) is 2.04. The van der Waals surface area contributed by atoms with E-state index in [4.69, 9.17) is 4.74 Å². The molecule has 17 heavy (non-hydrogen) atoms. The fourth-order valence-corrected chi connectivity index (χ4v) is 1.27. The lowest BCUT2D eigenvalue weighted by Crippen LogP contribution is -2.01. The molecule has 0 spiro atoms. The molecule has 0 radical (unpaired) electrons. The first-order chi connectivity index (χ1) is 8.29. The number of hydrogen-bond donors (Lipinski definition) is 0. The van der Waals surface area contributed by atoms with Crippen molar-refractivity contribution in [2.45, 2.75) is 6.61 Å². The molecule has 0 aliphatic heterocycles. The molecular formula is C12H11NO4. The molecule has 0 saturated heterocycles. The predicted molar refractivity (Wildman–Crippen MR) is 58.6 cm³/mol. The number of hydrogen-bond acceptors (Lipinski definition) is 5. The van der Waals surface area contributed by atoms with Gasteiger partial charge >= 0.3 is 5.97 Å². The molecule has 5 heteroatoms. The highest BCUT2D eigenvalue weighted by molar-refractivity contribution is 5.89. The van der Waals surface area contributed by atoms with E-state index in [1.165, 1.54) is 13.4 Å². The molecule has 0 bridgehead atoms. The van der Waals surface area contributed by atoms with Crippen molar-refractivity contribution in [1.82, 2.24) is 5.16 Å². The van der Waals surface area contributed by atoms with Crippen molar-refractivity contribution in [3.8, 4) is 5.75 Å². The Morgan fingerprint density at radius 2 is 2.06 bits per heavy atom. The summed E-state index contributed by atoms with van der Waals surface area (Å²) < 4.78 is 14.7. The number of carbonyl (C=O) groups is 1. The molecule has 88 valence electrons. The summed E-state index contributed by atoms with van der Waals surface area (Å²) in [4.78, 5) is 11.2. The van der Waals surface area contributed by atoms with Crippen LogP contribution in [-0.4, -0.2) is 18.2 Å². The molecule has 0 aliphatic carbocycles. The number of ether oxygens (including phenoxy) is 2. The fraction of sp³-hybridized carbons (Fsp3) is 0.167. The first-order valence-corrected chi connectivity index (χ1v) is 5.00. The first-order valence-electron chi connectivity index (χ1n) is 5.00. The lowest BCUT2D eigenvalue weighted by molar-refractivity contribution is 0.0600. The van der Waals surface area contributed by atoms with Crippen LogP contribution in [0.5, 0.6) is 5.75 Å². The van der Waals surface area contributed by atoms with Gasteiger partial charge in [-0.3, -0.25) is 0 Å². The summed E-state index contributed by atoms with van der Waals surface area (Å²) in [7, 11) is 1.34. The molecule has 2 aromatic rings. The van der Waals surface area contributed by atoms with E-state index in [9.17, 15) is 4.79 Å². The third kappa shape index (κ3) is 2.84. The van der Waals surface area contributed by atoms with Crippen LogP contribution in [0.1, 0.15) is 16.1 Å². The maximum Gasteiger partial charge on any atom is 0.337 e. The quantitative estimate of drug-likeness (QED) is 0.756. The van der Waals surface area contributed by atoms with Crippen LogP contribution >= 0.6 is 0 Å². The van der Waals surface area contributed by atoms with Crippen LogP contribution in [0.4, 0.5) is 0 Å². The van der Waals surface area contributed by atoms with Crippen LogP contribution in [0.3, 0.4) is 0 Å². The van der Waals surface area contributed by atoms with Gasteiger partial charge < -0.3 is 14.0 Å². The van der Waals surface area contributed by atoms with Gasteiger partial charge in [0.1, 0.15) is 24.3 Å². The van der Waals surface area contributed by atoms with Crippen LogP contribution in [0.15, 0.2) is 41.1 Å². The second-order valence-electron chi connectivity index (χ2n) is 3.30. The summed E-state index contributed by atoms with van der Waals surface area (Å²) in [5.41, 5.74) is 1.20. The Morgan fingerprint density at radius 3 is 2.65 bits per heavy atom. The van der Waals surface area contributed by atoms with E-state index in [0.29, 0.717) is 23.6 Å². The van der Waals surface area contributed by atoms with E-state index in [-0.39, 0.29) is 5.97 Å². The normalized spacial score (nSPS) is 9.94. The Kier molecular flexibility index (Phi) is 3.40. The van der Waals surface area contributed by atoms with Gasteiger partial charge in [0.05, 0.1) is 12.7 Å². The van der Waals surface area contributed by atoms with Crippen molar-refractivity contribution in [3.05, 3.63) is 47.9 Å². The van der Waals surface area contributed by atoms with Gasteiger partial charge in [-0.15, -0.1) is 0 Å². The van der Waals surface area contributed by atoms with Gasteiger partial charge in [0, 0.05) is 6.07 Å². The van der Waals surface area contributed by atoms with Crippen molar-refractivity contribution >= 4 is 5.97 Å². The second-order valence-corrected chi connectivity index (χ2v) is 3.30. The van der Waals surface area contributed by atoms with Crippen molar-refractivity contribution in [1.29, 1.82) is 0 Å². The van der Waals surface area contributed by atoms with Gasteiger partial charge in [-0.2, -0.15) is 0 Å². The maximum atomic E-state index is 11.2. The van der Waals surface area contributed by atoms with Crippen LogP contribution in [0.2, 0.25) is 0 Å². The SMILES string of the molecule is COC(=O)c1ccc(OCc2ccon2)cc1. The third-order valence-corrected chi connectivity index (χ3v) is 2.15. The molecule has 0 saturated carbocycles. The van der Waals surface area contributed by atoms with E-state index < -0.39 is 0 Å². The number of aromatic nitrogens is 1. The molecule has 5 nitrogen and oxygen atoms in total. The number of benzene rings is 1. The summed E-state index contributed by atoms with van der Waals surface area (Å²) in [6, 6.07) is 8.41. The summed E-state index contributed by atoms with van der Waals surface area (Å²) >= 11 is 0. The summed E-state index contributed by atoms with van der Waals surface area (Å²) in [6.45, 7) is 0.327. The molecule has 0 amide bonds. The Balaban J connectivity index is 1.96. The smallest absolute Gasteiger partial charge is 0.337 e. The van der Waals surface area contributed by atoms with Crippen molar-refractivity contribution < 1.29 is 18.8 Å². The number of methoxy groups -OCH3 is 1. The van der Waals surface area contributed by atoms with Gasteiger partial charge in [-0.25, -0.2) is 4.79 Å². The molecule has 0 atom stereocenters. The zero-order valence-corrected chi connectivity index (χ0v) is 9.25. The molecule has 1 heterocycles. The van der Waals surface area contributed by atoms with E-state index in [1.807, 2.05) is 0 Å². The molecular weight excluding hydrogens is 222 g/mol. The highest BCUT2D eigenvalue weighted by Gasteiger charge is 2.05. The van der Waals surface area contributed by atoms with Crippen LogP contribution in [-0.2, 0) is 11.3 Å². The maximum absolute atomic E-state index is 11.2. The number of rotatable bonds is 4. The Hall–Kier alpha value is -2.30. The Morgan fingerprint density at radius 1 is 1.29 bits per heavy atom. The topological polar surface area (TPSA) is 61.6 Å². The van der Waals surface area contributed by atoms with Crippen molar-refractivity contribution in [2.24, 2.45) is 0 Å². The Labute approximate surface area is 97.9 Å². The van der Waals surface area contributed by atoms with Crippen LogP contribution in [0.25, 0.3) is 0 Å². The minimum atomic E-state index is -0.368. The second kappa shape index (κ2) is 5.16. The molecule has 1 aromatic carbocycles. The summed E-state index contributed by atoms with van der Waals surface area (Å²) in [6.07, 6.45) is 1.49. The largest absolute Gasteiger partial charge is 0.487 e. The fourth-order valence-electron chi connectivity index (χ4n) is 1.27. The standard InChI is InChI=1S/C12H11NO4/c1-15-12(14)9-2-4-11(5-3-9)16-8-10-6-7-17-13-10/h2-7H,8H2,1H3. The minimum Gasteiger partial charge on any atom is -0.487 e. The highest BCUT2D eigenvalue weighted by atomic mass is 16.5. The molecule has 0 N–H and O–H groups in total. The van der Waals surface area contributed by atoms with Gasteiger partial charge in [-0.05, 0) is 24.3 Å². The minimum absolute atomic E-state index is 0.327. The molecule has 0 aliphatic rings. The van der Waals surface area contributed by atoms with Gasteiger partial charge in [-0.1, -0.05) is 5.16 Å². The average Bonchev–Trinajstić information content (AvgIpc) is 2.89. The average molecular weight is 233 g/mol. The van der Waals surface area contributed by atoms with E-state index in [1.54, 1.807) is 30.3 Å². The van der Waals surface area contributed by atoms with Crippen LogP contribution < -0.4 is 4.74 Å². The van der Waals surface area contributed by atoms with E-state index in [0.717, 1.165) is 0 Å². The van der Waals surface area contributed by atoms with Gasteiger partial charge in [0.25, 0.3) is 0 Å². The molecule has 0 fully saturated rings. The molecule has 0 unspecified atom stereocenters. The number of carbonyl (C=O) groups excluding carboxylic acids is 1. The highest BCUT2D eigenvalue weighted by Crippen LogP contribution is 2.14. The monoisotopic (exact) mass is 233 g/mol.